The number of para-hydroxylation sites is 1. The molecule has 14 aromatic rings. The topological polar surface area (TPSA) is 13.1 Å². The van der Waals surface area contributed by atoms with Crippen molar-refractivity contribution >= 4 is 75.8 Å². The first kappa shape index (κ1) is 39.0. The van der Waals surface area contributed by atoms with Gasteiger partial charge in [-0.15, -0.1) is 0 Å². The molecule has 0 unspecified atom stereocenters. The highest BCUT2D eigenvalue weighted by atomic mass is 16.3. The van der Waals surface area contributed by atoms with Gasteiger partial charge in [0.1, 0.15) is 11.2 Å². The first-order valence-electron chi connectivity index (χ1n) is 24.3. The summed E-state index contributed by atoms with van der Waals surface area (Å²) in [4.78, 5) is 0. The molecule has 0 N–H and O–H groups in total. The molecule has 324 valence electrons. The van der Waals surface area contributed by atoms with Gasteiger partial charge in [0.2, 0.25) is 0 Å². The van der Waals surface area contributed by atoms with Crippen LogP contribution >= 0.6 is 0 Å². The second-order valence-corrected chi connectivity index (χ2v) is 18.9. The van der Waals surface area contributed by atoms with Crippen molar-refractivity contribution in [1.29, 1.82) is 0 Å². The van der Waals surface area contributed by atoms with Crippen LogP contribution in [-0.2, 0) is 5.41 Å². The van der Waals surface area contributed by atoms with Crippen molar-refractivity contribution in [3.8, 4) is 44.5 Å². The number of hydrogen-bond donors (Lipinski definition) is 0. The summed E-state index contributed by atoms with van der Waals surface area (Å²) < 4.78 is 6.28. The van der Waals surface area contributed by atoms with E-state index in [1.54, 1.807) is 0 Å². The van der Waals surface area contributed by atoms with E-state index in [-0.39, 0.29) is 0 Å². The fraction of sp³-hybridized carbons (Fsp3) is 0.0145. The van der Waals surface area contributed by atoms with Gasteiger partial charge < -0.3 is 4.42 Å². The van der Waals surface area contributed by atoms with Crippen LogP contribution in [0.15, 0.2) is 259 Å². The van der Waals surface area contributed by atoms with E-state index in [0.717, 1.165) is 21.9 Å². The summed E-state index contributed by atoms with van der Waals surface area (Å²) in [5.74, 6) is 0. The van der Waals surface area contributed by atoms with Gasteiger partial charge in [-0.3, -0.25) is 0 Å². The summed E-state index contributed by atoms with van der Waals surface area (Å²) in [6, 6.07) is 94.6. The first-order valence-corrected chi connectivity index (χ1v) is 24.3. The molecule has 0 atom stereocenters. The van der Waals surface area contributed by atoms with Crippen LogP contribution in [0.25, 0.3) is 120 Å². The van der Waals surface area contributed by atoms with E-state index in [1.807, 2.05) is 6.07 Å². The Hall–Kier alpha value is -9.04. The summed E-state index contributed by atoms with van der Waals surface area (Å²) >= 11 is 0. The van der Waals surface area contributed by atoms with Gasteiger partial charge in [0.05, 0.1) is 5.41 Å². The van der Waals surface area contributed by atoms with E-state index in [0.29, 0.717) is 0 Å². The Bertz CT molecular complexity index is 4350. The van der Waals surface area contributed by atoms with Crippen molar-refractivity contribution in [1.82, 2.24) is 0 Å². The lowest BCUT2D eigenvalue weighted by atomic mass is 9.65. The van der Waals surface area contributed by atoms with E-state index in [9.17, 15) is 0 Å². The van der Waals surface area contributed by atoms with Crippen LogP contribution in [0.5, 0.6) is 0 Å². The molecule has 1 nitrogen and oxygen atoms in total. The number of furan rings is 1. The third-order valence-corrected chi connectivity index (χ3v) is 15.5. The number of rotatable bonds is 5. The minimum atomic E-state index is -0.592. The smallest absolute Gasteiger partial charge is 0.135 e. The largest absolute Gasteiger partial charge is 0.456 e. The fourth-order valence-corrected chi connectivity index (χ4v) is 12.7. The molecule has 0 amide bonds. The summed E-state index contributed by atoms with van der Waals surface area (Å²) in [7, 11) is 0. The second-order valence-electron chi connectivity index (χ2n) is 18.9. The van der Waals surface area contributed by atoms with Gasteiger partial charge in [-0.1, -0.05) is 231 Å². The Morgan fingerprint density at radius 2 is 0.629 bits per heavy atom. The Morgan fingerprint density at radius 3 is 1.21 bits per heavy atom. The lowest BCUT2D eigenvalue weighted by Crippen LogP contribution is -2.29. The van der Waals surface area contributed by atoms with E-state index in [1.165, 1.54) is 121 Å². The van der Waals surface area contributed by atoms with Gasteiger partial charge in [0, 0.05) is 10.8 Å². The van der Waals surface area contributed by atoms with Crippen LogP contribution < -0.4 is 0 Å². The van der Waals surface area contributed by atoms with Gasteiger partial charge in [-0.25, -0.2) is 0 Å². The number of fused-ring (bicyclic) bond motifs is 15. The van der Waals surface area contributed by atoms with E-state index < -0.39 is 5.41 Å². The van der Waals surface area contributed by atoms with E-state index >= 15 is 0 Å². The van der Waals surface area contributed by atoms with Crippen molar-refractivity contribution in [2.45, 2.75) is 5.41 Å². The molecule has 1 heterocycles. The Kier molecular flexibility index (Phi) is 8.35. The quantitative estimate of drug-likeness (QED) is 0.124. The zero-order chi connectivity index (χ0) is 45.9. The molecule has 0 aliphatic heterocycles. The highest BCUT2D eigenvalue weighted by Crippen LogP contribution is 2.62. The molecule has 0 bridgehead atoms. The summed E-state index contributed by atoms with van der Waals surface area (Å²) in [6.07, 6.45) is 0. The fourth-order valence-electron chi connectivity index (χ4n) is 12.7. The predicted octanol–water partition coefficient (Wildman–Crippen LogP) is 18.7. The minimum Gasteiger partial charge on any atom is -0.456 e. The standard InChI is InChI=1S/C69H42O/c1-3-19-46(20-4-1)69(47-21-5-2-6-22-47)67-57-32-15-9-25-50(57)59(42-61(67)66-52-27-10-7-23-48(52)49-24-8-16-33-58(49)68(66)69)43-35-37-44(38-36-43)64-53-28-11-13-30-55(53)65(56-31-14-12-29-54(56)64)45-39-40-63-60(41-45)51-26-17-18-34-62(51)70-63/h1-42H. The molecule has 1 aliphatic rings. The molecule has 0 radical (unpaired) electrons. The molecule has 13 aromatic carbocycles. The first-order chi connectivity index (χ1) is 34.8. The van der Waals surface area contributed by atoms with Crippen molar-refractivity contribution in [3.05, 3.63) is 277 Å². The lowest BCUT2D eigenvalue weighted by molar-refractivity contribution is 0.669. The van der Waals surface area contributed by atoms with Gasteiger partial charge >= 0.3 is 0 Å². The Morgan fingerprint density at radius 1 is 0.229 bits per heavy atom. The van der Waals surface area contributed by atoms with Crippen LogP contribution in [0, 0.1) is 0 Å². The van der Waals surface area contributed by atoms with Gasteiger partial charge in [-0.2, -0.15) is 0 Å². The average Bonchev–Trinajstić information content (AvgIpc) is 3.97. The second kappa shape index (κ2) is 15.0. The van der Waals surface area contributed by atoms with Gasteiger partial charge in [-0.05, 0) is 145 Å². The molecule has 0 spiro atoms. The van der Waals surface area contributed by atoms with Crippen molar-refractivity contribution in [3.63, 3.8) is 0 Å². The Balaban J connectivity index is 0.976. The van der Waals surface area contributed by atoms with Crippen LogP contribution in [0.1, 0.15) is 22.3 Å². The van der Waals surface area contributed by atoms with Crippen molar-refractivity contribution in [2.24, 2.45) is 0 Å². The average molecular weight is 887 g/mol. The van der Waals surface area contributed by atoms with Crippen LogP contribution in [0.2, 0.25) is 0 Å². The maximum atomic E-state index is 6.28. The minimum absolute atomic E-state index is 0.592. The van der Waals surface area contributed by atoms with Crippen molar-refractivity contribution in [2.75, 3.05) is 0 Å². The summed E-state index contributed by atoms with van der Waals surface area (Å²) in [6.45, 7) is 0. The highest BCUT2D eigenvalue weighted by molar-refractivity contribution is 6.24. The molecule has 1 aromatic heterocycles. The lowest BCUT2D eigenvalue weighted by Gasteiger charge is -2.35. The number of benzene rings is 13. The summed E-state index contributed by atoms with van der Waals surface area (Å²) in [5, 5.41) is 14.8. The number of hydrogen-bond acceptors (Lipinski definition) is 1. The maximum absolute atomic E-state index is 6.28. The van der Waals surface area contributed by atoms with Crippen LogP contribution in [0.4, 0.5) is 0 Å². The van der Waals surface area contributed by atoms with Crippen LogP contribution in [-0.4, -0.2) is 0 Å². The summed E-state index contributed by atoms with van der Waals surface area (Å²) in [5.41, 5.74) is 16.4. The third-order valence-electron chi connectivity index (χ3n) is 15.5. The SMILES string of the molecule is c1ccc(C2(c3ccccc3)c3c(cc(-c4ccc(-c5c6ccccc6c(-c6ccc7oc8ccccc8c7c6)c6ccccc56)cc4)c4ccccc34)-c3c2c2ccccc2c2ccccc32)cc1. The van der Waals surface area contributed by atoms with Crippen LogP contribution in [0.3, 0.4) is 0 Å². The van der Waals surface area contributed by atoms with Gasteiger partial charge in [0.25, 0.3) is 0 Å². The molecule has 0 saturated heterocycles. The predicted molar refractivity (Wildman–Crippen MR) is 295 cm³/mol. The normalized spacial score (nSPS) is 13.0. The van der Waals surface area contributed by atoms with E-state index in [4.69, 9.17) is 4.42 Å². The third kappa shape index (κ3) is 5.38. The monoisotopic (exact) mass is 886 g/mol. The maximum Gasteiger partial charge on any atom is 0.135 e. The van der Waals surface area contributed by atoms with Crippen molar-refractivity contribution < 1.29 is 4.42 Å². The molecule has 1 heteroatoms. The molecular weight excluding hydrogens is 845 g/mol. The Labute approximate surface area is 405 Å². The molecule has 1 aliphatic carbocycles. The zero-order valence-corrected chi connectivity index (χ0v) is 38.2. The molecular formula is C69H42O. The zero-order valence-electron chi connectivity index (χ0n) is 38.2. The van der Waals surface area contributed by atoms with Gasteiger partial charge in [0.15, 0.2) is 0 Å². The molecule has 0 saturated carbocycles. The van der Waals surface area contributed by atoms with E-state index in [2.05, 4.69) is 249 Å². The molecule has 70 heavy (non-hydrogen) atoms. The molecule has 15 rings (SSSR count). The highest BCUT2D eigenvalue weighted by Gasteiger charge is 2.49. The molecule has 0 fully saturated rings.